The summed E-state index contributed by atoms with van der Waals surface area (Å²) in [6, 6.07) is 7.22. The molecule has 216 valence electrons. The Morgan fingerprint density at radius 2 is 1.90 bits per heavy atom. The fourth-order valence-corrected chi connectivity index (χ4v) is 8.90. The molecular formula is C32H41NO7. The standard InChI is InChI=1S/C32H41NO7/c1-17(2)28(37)38-16-25(36)32-26(39-29(40-32)18-5-8-20(33)9-6-18)14-23-22-10-7-19-13-21(34)11-12-30(19,3)27(22)24(35)15-31(23,32)4/h5-6,8-9,11-13,17,21-24,26-27,29,34-35H,7,10,14-16,33H2,1-4H3/t21?,22-,23-,24-,26+,27?,29+,30-,31-,32+/m0/s1. The summed E-state index contributed by atoms with van der Waals surface area (Å²) in [4.78, 5) is 26.6. The molecule has 0 bridgehead atoms. The maximum absolute atomic E-state index is 14.2. The van der Waals surface area contributed by atoms with E-state index in [4.69, 9.17) is 19.9 Å². The first kappa shape index (κ1) is 27.6. The zero-order valence-electron chi connectivity index (χ0n) is 23.7. The average Bonchev–Trinajstić information content (AvgIpc) is 3.40. The molecule has 1 aliphatic heterocycles. The van der Waals surface area contributed by atoms with Crippen molar-refractivity contribution < 1.29 is 34.0 Å². The van der Waals surface area contributed by atoms with Crippen LogP contribution in [0.25, 0.3) is 0 Å². The number of ketones is 1. The summed E-state index contributed by atoms with van der Waals surface area (Å²) in [6.45, 7) is 7.28. The molecule has 3 saturated carbocycles. The molecule has 5 aliphatic rings. The zero-order valence-corrected chi connectivity index (χ0v) is 23.7. The number of rotatable bonds is 5. The Hall–Kier alpha value is -2.52. The molecule has 1 heterocycles. The molecule has 8 heteroatoms. The van der Waals surface area contributed by atoms with Crippen molar-refractivity contribution in [2.24, 2.45) is 34.5 Å². The molecule has 0 spiro atoms. The van der Waals surface area contributed by atoms with Gasteiger partial charge in [-0.15, -0.1) is 0 Å². The molecule has 40 heavy (non-hydrogen) atoms. The highest BCUT2D eigenvalue weighted by Gasteiger charge is 2.76. The van der Waals surface area contributed by atoms with Crippen LogP contribution in [0.5, 0.6) is 0 Å². The van der Waals surface area contributed by atoms with Crippen LogP contribution in [0.1, 0.15) is 65.2 Å². The summed E-state index contributed by atoms with van der Waals surface area (Å²) in [5.41, 5.74) is 5.98. The van der Waals surface area contributed by atoms with E-state index in [0.29, 0.717) is 18.5 Å². The largest absolute Gasteiger partial charge is 0.457 e. The molecule has 6 rings (SSSR count). The Kier molecular flexibility index (Phi) is 6.57. The summed E-state index contributed by atoms with van der Waals surface area (Å²) >= 11 is 0. The number of hydrogen-bond acceptors (Lipinski definition) is 8. The van der Waals surface area contributed by atoms with Gasteiger partial charge in [0.1, 0.15) is 0 Å². The van der Waals surface area contributed by atoms with Crippen molar-refractivity contribution >= 4 is 17.4 Å². The Balaban J connectivity index is 1.38. The van der Waals surface area contributed by atoms with E-state index in [1.807, 2.05) is 24.3 Å². The van der Waals surface area contributed by atoms with Gasteiger partial charge in [-0.25, -0.2) is 0 Å². The van der Waals surface area contributed by atoms with Crippen LogP contribution in [-0.2, 0) is 23.8 Å². The van der Waals surface area contributed by atoms with Crippen molar-refractivity contribution in [1.82, 2.24) is 0 Å². The van der Waals surface area contributed by atoms with Gasteiger partial charge in [0.25, 0.3) is 0 Å². The highest BCUT2D eigenvalue weighted by molar-refractivity contribution is 5.92. The monoisotopic (exact) mass is 551 g/mol. The predicted octanol–water partition coefficient (Wildman–Crippen LogP) is 3.87. The summed E-state index contributed by atoms with van der Waals surface area (Å²) in [5, 5.41) is 22.1. The number of fused-ring (bicyclic) bond motifs is 7. The van der Waals surface area contributed by atoms with E-state index in [-0.39, 0.29) is 34.9 Å². The van der Waals surface area contributed by atoms with Gasteiger partial charge in [-0.1, -0.05) is 63.6 Å². The molecular weight excluding hydrogens is 510 g/mol. The second-order valence-corrected chi connectivity index (χ2v) is 13.2. The lowest BCUT2D eigenvalue weighted by Gasteiger charge is -2.60. The molecule has 4 fully saturated rings. The van der Waals surface area contributed by atoms with E-state index >= 15 is 0 Å². The maximum atomic E-state index is 14.2. The molecule has 10 atom stereocenters. The van der Waals surface area contributed by atoms with E-state index in [1.165, 1.54) is 5.57 Å². The van der Waals surface area contributed by atoms with Gasteiger partial charge in [-0.05, 0) is 49.7 Å². The number of carbonyl (C=O) groups is 2. The van der Waals surface area contributed by atoms with Gasteiger partial charge in [-0.3, -0.25) is 9.59 Å². The number of carbonyl (C=O) groups excluding carboxylic acids is 2. The van der Waals surface area contributed by atoms with Crippen molar-refractivity contribution in [3.63, 3.8) is 0 Å². The van der Waals surface area contributed by atoms with E-state index in [1.54, 1.807) is 26.0 Å². The third-order valence-electron chi connectivity index (χ3n) is 10.8. The number of Topliss-reactive ketones (excluding diaryl/α,β-unsaturated/α-hetero) is 1. The van der Waals surface area contributed by atoms with Crippen molar-refractivity contribution in [3.05, 3.63) is 53.6 Å². The van der Waals surface area contributed by atoms with E-state index in [2.05, 4.69) is 19.9 Å². The minimum absolute atomic E-state index is 0.0491. The number of aliphatic hydroxyl groups is 2. The molecule has 2 unspecified atom stereocenters. The molecule has 1 aromatic rings. The van der Waals surface area contributed by atoms with E-state index < -0.39 is 48.2 Å². The SMILES string of the molecule is CC(C)C(=O)OCC(=O)[C@@]12O[C@H](c3ccc(N)cc3)O[C@@H]1C[C@H]1[C@@H]3CCC4=CC(O)C=C[C@]4(C)C3[C@@H](O)C[C@@]12C. The minimum Gasteiger partial charge on any atom is -0.457 e. The number of benzene rings is 1. The highest BCUT2D eigenvalue weighted by Crippen LogP contribution is 2.70. The van der Waals surface area contributed by atoms with Crippen molar-refractivity contribution in [2.45, 2.75) is 83.6 Å². The second-order valence-electron chi connectivity index (χ2n) is 13.2. The van der Waals surface area contributed by atoms with Crippen LogP contribution in [0.15, 0.2) is 48.1 Å². The van der Waals surface area contributed by atoms with Gasteiger partial charge in [0.15, 0.2) is 18.5 Å². The van der Waals surface area contributed by atoms with E-state index in [0.717, 1.165) is 18.4 Å². The molecule has 0 aromatic heterocycles. The van der Waals surface area contributed by atoms with Gasteiger partial charge in [0.2, 0.25) is 5.78 Å². The topological polar surface area (TPSA) is 128 Å². The van der Waals surface area contributed by atoms with Crippen LogP contribution >= 0.6 is 0 Å². The first-order chi connectivity index (χ1) is 18.9. The smallest absolute Gasteiger partial charge is 0.308 e. The average molecular weight is 552 g/mol. The van der Waals surface area contributed by atoms with Gasteiger partial charge in [0.05, 0.1) is 24.2 Å². The van der Waals surface area contributed by atoms with E-state index in [9.17, 15) is 19.8 Å². The lowest BCUT2D eigenvalue weighted by molar-refractivity contribution is -0.202. The van der Waals surface area contributed by atoms with Gasteiger partial charge in [-0.2, -0.15) is 0 Å². The van der Waals surface area contributed by atoms with Crippen LogP contribution < -0.4 is 5.73 Å². The third kappa shape index (κ3) is 3.86. The Morgan fingerprint density at radius 3 is 2.60 bits per heavy atom. The van der Waals surface area contributed by atoms with Crippen LogP contribution in [0.4, 0.5) is 5.69 Å². The number of hydrogen-bond donors (Lipinski definition) is 3. The Morgan fingerprint density at radius 1 is 1.18 bits per heavy atom. The van der Waals surface area contributed by atoms with Crippen LogP contribution in [0, 0.1) is 34.5 Å². The van der Waals surface area contributed by atoms with Gasteiger partial charge >= 0.3 is 5.97 Å². The Bertz CT molecular complexity index is 1260. The molecule has 0 amide bonds. The summed E-state index contributed by atoms with van der Waals surface area (Å²) in [6.07, 6.45) is 5.85. The number of esters is 1. The number of ether oxygens (including phenoxy) is 3. The highest BCUT2D eigenvalue weighted by atomic mass is 16.7. The minimum atomic E-state index is -1.37. The molecule has 1 aromatic carbocycles. The molecule has 4 aliphatic carbocycles. The normalized spacial score (nSPS) is 43.4. The first-order valence-electron chi connectivity index (χ1n) is 14.6. The molecule has 8 nitrogen and oxygen atoms in total. The zero-order chi connectivity index (χ0) is 28.6. The summed E-state index contributed by atoms with van der Waals surface area (Å²) in [7, 11) is 0. The lowest BCUT2D eigenvalue weighted by Crippen LogP contribution is -2.63. The quantitative estimate of drug-likeness (QED) is 0.286. The third-order valence-corrected chi connectivity index (χ3v) is 10.8. The number of allylic oxidation sites excluding steroid dienone is 2. The van der Waals surface area contributed by atoms with Crippen LogP contribution in [0.2, 0.25) is 0 Å². The number of aliphatic hydroxyl groups excluding tert-OH is 2. The van der Waals surface area contributed by atoms with Gasteiger partial charge in [0, 0.05) is 28.0 Å². The fourth-order valence-electron chi connectivity index (χ4n) is 8.90. The Labute approximate surface area is 235 Å². The maximum Gasteiger partial charge on any atom is 0.308 e. The summed E-state index contributed by atoms with van der Waals surface area (Å²) < 4.78 is 18.7. The van der Waals surface area contributed by atoms with Crippen molar-refractivity contribution in [1.29, 1.82) is 0 Å². The summed E-state index contributed by atoms with van der Waals surface area (Å²) in [5.74, 6) is -0.978. The van der Waals surface area contributed by atoms with Crippen LogP contribution in [0.3, 0.4) is 0 Å². The predicted molar refractivity (Wildman–Crippen MR) is 147 cm³/mol. The first-order valence-corrected chi connectivity index (χ1v) is 14.6. The second kappa shape index (κ2) is 9.51. The molecule has 1 saturated heterocycles. The van der Waals surface area contributed by atoms with Crippen molar-refractivity contribution in [2.75, 3.05) is 12.3 Å². The van der Waals surface area contributed by atoms with Crippen LogP contribution in [-0.4, -0.2) is 52.5 Å². The van der Waals surface area contributed by atoms with Crippen molar-refractivity contribution in [3.8, 4) is 0 Å². The van der Waals surface area contributed by atoms with Gasteiger partial charge < -0.3 is 30.2 Å². The molecule has 4 N–H and O–H groups in total. The molecule has 0 radical (unpaired) electrons. The lowest BCUT2D eigenvalue weighted by atomic mass is 9.46. The fraction of sp³-hybridized carbons (Fsp3) is 0.625. The number of nitrogen functional groups attached to an aromatic ring is 1. The number of anilines is 1. The number of nitrogens with two attached hydrogens (primary N) is 1.